The minimum atomic E-state index is -0.646. The summed E-state index contributed by atoms with van der Waals surface area (Å²) in [6, 6.07) is 14.7. The maximum Gasteiger partial charge on any atom is 0.251 e. The molecule has 0 radical (unpaired) electrons. The molecule has 0 spiro atoms. The second-order valence-electron chi connectivity index (χ2n) is 9.55. The number of aryl methyl sites for hydroxylation is 1. The zero-order chi connectivity index (χ0) is 24.6. The molecule has 35 heavy (non-hydrogen) atoms. The Balaban J connectivity index is 1.38. The van der Waals surface area contributed by atoms with Crippen molar-refractivity contribution in [3.05, 3.63) is 71.5 Å². The monoisotopic (exact) mass is 479 g/mol. The van der Waals surface area contributed by atoms with Crippen molar-refractivity contribution in [3.8, 4) is 0 Å². The van der Waals surface area contributed by atoms with Crippen LogP contribution in [0.1, 0.15) is 54.4 Å². The molecule has 7 heteroatoms. The van der Waals surface area contributed by atoms with E-state index < -0.39 is 11.9 Å². The molecule has 2 aromatic rings. The van der Waals surface area contributed by atoms with Gasteiger partial charge in [0, 0.05) is 38.2 Å². The molecule has 0 bridgehead atoms. The molecule has 1 atom stereocenters. The highest BCUT2D eigenvalue weighted by molar-refractivity contribution is 5.97. The minimum Gasteiger partial charge on any atom is -0.343 e. The summed E-state index contributed by atoms with van der Waals surface area (Å²) in [6.07, 6.45) is 5.54. The predicted molar refractivity (Wildman–Crippen MR) is 132 cm³/mol. The smallest absolute Gasteiger partial charge is 0.251 e. The Hall–Kier alpha value is -3.22. The van der Waals surface area contributed by atoms with Gasteiger partial charge in [-0.25, -0.2) is 4.39 Å². The number of hydrogen-bond donors (Lipinski definition) is 1. The van der Waals surface area contributed by atoms with E-state index >= 15 is 0 Å². The van der Waals surface area contributed by atoms with E-state index in [0.717, 1.165) is 24.8 Å². The second-order valence-corrected chi connectivity index (χ2v) is 9.55. The number of likely N-dealkylation sites (tertiary alicyclic amines) is 2. The van der Waals surface area contributed by atoms with Gasteiger partial charge >= 0.3 is 0 Å². The summed E-state index contributed by atoms with van der Waals surface area (Å²) in [4.78, 5) is 42.9. The molecule has 0 unspecified atom stereocenters. The van der Waals surface area contributed by atoms with E-state index in [1.54, 1.807) is 0 Å². The van der Waals surface area contributed by atoms with Gasteiger partial charge in [0.2, 0.25) is 11.8 Å². The first-order valence-electron chi connectivity index (χ1n) is 12.7. The average molecular weight is 480 g/mol. The summed E-state index contributed by atoms with van der Waals surface area (Å²) in [5.41, 5.74) is 1.47. The van der Waals surface area contributed by atoms with E-state index in [9.17, 15) is 18.8 Å². The van der Waals surface area contributed by atoms with Crippen molar-refractivity contribution in [1.82, 2.24) is 15.1 Å². The molecule has 3 amide bonds. The first-order chi connectivity index (χ1) is 17.0. The maximum absolute atomic E-state index is 13.5. The van der Waals surface area contributed by atoms with E-state index in [1.165, 1.54) is 24.3 Å². The molecule has 2 heterocycles. The number of hydrogen-bond acceptors (Lipinski definition) is 3. The average Bonchev–Trinajstić information content (AvgIpc) is 2.91. The van der Waals surface area contributed by atoms with Gasteiger partial charge in [0.25, 0.3) is 5.91 Å². The van der Waals surface area contributed by atoms with Crippen LogP contribution in [0.5, 0.6) is 0 Å². The van der Waals surface area contributed by atoms with Crippen molar-refractivity contribution in [3.63, 3.8) is 0 Å². The van der Waals surface area contributed by atoms with Gasteiger partial charge in [-0.3, -0.25) is 14.4 Å². The van der Waals surface area contributed by atoms with Gasteiger partial charge in [-0.1, -0.05) is 30.3 Å². The lowest BCUT2D eigenvalue weighted by Gasteiger charge is -2.38. The molecule has 2 aliphatic rings. The topological polar surface area (TPSA) is 69.7 Å². The number of rotatable bonds is 7. The number of benzene rings is 2. The van der Waals surface area contributed by atoms with Crippen LogP contribution in [0.2, 0.25) is 0 Å². The molecule has 2 aromatic carbocycles. The van der Waals surface area contributed by atoms with Crippen LogP contribution in [-0.2, 0) is 16.0 Å². The Morgan fingerprint density at radius 1 is 0.857 bits per heavy atom. The highest BCUT2D eigenvalue weighted by Gasteiger charge is 2.36. The summed E-state index contributed by atoms with van der Waals surface area (Å²) in [6.45, 7) is 2.57. The van der Waals surface area contributed by atoms with Gasteiger partial charge in [-0.05, 0) is 74.3 Å². The summed E-state index contributed by atoms with van der Waals surface area (Å²) in [7, 11) is 0. The summed E-state index contributed by atoms with van der Waals surface area (Å²) < 4.78 is 13.3. The Labute approximate surface area is 206 Å². The standard InChI is InChI=1S/C28H34FN3O3/c29-24-12-10-23(11-13-24)27(34)30-26(28(35)32-17-5-2-6-18-32)22-15-19-31(20-16-22)25(33)14-9-21-7-3-1-4-8-21/h1,3-4,7-8,10-13,22,26H,2,5-6,9,14-20H2,(H,30,34)/t26-/m0/s1. The number of halogens is 1. The lowest BCUT2D eigenvalue weighted by Crippen LogP contribution is -2.55. The van der Waals surface area contributed by atoms with Crippen LogP contribution < -0.4 is 5.32 Å². The number of nitrogens with zero attached hydrogens (tertiary/aromatic N) is 2. The zero-order valence-electron chi connectivity index (χ0n) is 20.1. The van der Waals surface area contributed by atoms with Crippen LogP contribution in [0.25, 0.3) is 0 Å². The van der Waals surface area contributed by atoms with Crippen molar-refractivity contribution in [1.29, 1.82) is 0 Å². The van der Waals surface area contributed by atoms with E-state index in [2.05, 4.69) is 5.32 Å². The van der Waals surface area contributed by atoms with Crippen LogP contribution in [0.15, 0.2) is 54.6 Å². The fourth-order valence-corrected chi connectivity index (χ4v) is 5.05. The molecule has 2 saturated heterocycles. The SMILES string of the molecule is O=C(N[C@H](C(=O)N1CCCCC1)C1CCN(C(=O)CCc2ccccc2)CC1)c1ccc(F)cc1. The number of carbonyl (C=O) groups is 3. The van der Waals surface area contributed by atoms with Crippen LogP contribution in [0, 0.1) is 11.7 Å². The van der Waals surface area contributed by atoms with Gasteiger partial charge in [-0.2, -0.15) is 0 Å². The highest BCUT2D eigenvalue weighted by atomic mass is 19.1. The largest absolute Gasteiger partial charge is 0.343 e. The molecule has 4 rings (SSSR count). The summed E-state index contributed by atoms with van der Waals surface area (Å²) in [5, 5.41) is 2.95. The third-order valence-corrected chi connectivity index (χ3v) is 7.16. The molecule has 0 aliphatic carbocycles. The van der Waals surface area contributed by atoms with E-state index in [4.69, 9.17) is 0 Å². The van der Waals surface area contributed by atoms with Gasteiger partial charge in [0.15, 0.2) is 0 Å². The first-order valence-corrected chi connectivity index (χ1v) is 12.7. The second kappa shape index (κ2) is 12.0. The Bertz CT molecular complexity index is 998. The molecule has 186 valence electrons. The van der Waals surface area contributed by atoms with E-state index in [-0.39, 0.29) is 23.6 Å². The quantitative estimate of drug-likeness (QED) is 0.657. The van der Waals surface area contributed by atoms with Crippen LogP contribution >= 0.6 is 0 Å². The molecule has 6 nitrogen and oxygen atoms in total. The normalized spacial score (nSPS) is 17.6. The lowest BCUT2D eigenvalue weighted by molar-refractivity contribution is -0.137. The molecule has 0 aromatic heterocycles. The van der Waals surface area contributed by atoms with E-state index in [1.807, 2.05) is 40.1 Å². The number of piperidine rings is 2. The van der Waals surface area contributed by atoms with Crippen LogP contribution in [0.3, 0.4) is 0 Å². The third-order valence-electron chi connectivity index (χ3n) is 7.16. The lowest BCUT2D eigenvalue weighted by atomic mass is 9.87. The van der Waals surface area contributed by atoms with Crippen molar-refractivity contribution < 1.29 is 18.8 Å². The third kappa shape index (κ3) is 6.68. The van der Waals surface area contributed by atoms with Gasteiger partial charge in [0.05, 0.1) is 0 Å². The molecule has 0 saturated carbocycles. The predicted octanol–water partition coefficient (Wildman–Crippen LogP) is 3.81. The van der Waals surface area contributed by atoms with Gasteiger partial charge < -0.3 is 15.1 Å². The minimum absolute atomic E-state index is 0.0472. The number of amides is 3. The van der Waals surface area contributed by atoms with E-state index in [0.29, 0.717) is 57.4 Å². The van der Waals surface area contributed by atoms with Crippen molar-refractivity contribution in [2.75, 3.05) is 26.2 Å². The van der Waals surface area contributed by atoms with Crippen molar-refractivity contribution >= 4 is 17.7 Å². The molecule has 2 fully saturated rings. The Morgan fingerprint density at radius 2 is 1.51 bits per heavy atom. The molecule has 1 N–H and O–H groups in total. The highest BCUT2D eigenvalue weighted by Crippen LogP contribution is 2.24. The molecule has 2 aliphatic heterocycles. The Kier molecular flexibility index (Phi) is 8.50. The number of nitrogens with one attached hydrogen (secondary N) is 1. The fraction of sp³-hybridized carbons (Fsp3) is 0.464. The Morgan fingerprint density at radius 3 is 2.17 bits per heavy atom. The number of carbonyl (C=O) groups excluding carboxylic acids is 3. The summed E-state index contributed by atoms with van der Waals surface area (Å²) in [5.74, 6) is -0.754. The van der Waals surface area contributed by atoms with Crippen LogP contribution in [0.4, 0.5) is 4.39 Å². The van der Waals surface area contributed by atoms with Gasteiger partial charge in [0.1, 0.15) is 11.9 Å². The summed E-state index contributed by atoms with van der Waals surface area (Å²) >= 11 is 0. The van der Waals surface area contributed by atoms with Crippen LogP contribution in [-0.4, -0.2) is 59.7 Å². The van der Waals surface area contributed by atoms with Crippen molar-refractivity contribution in [2.45, 2.75) is 51.0 Å². The zero-order valence-corrected chi connectivity index (χ0v) is 20.1. The molecular formula is C28H34FN3O3. The first kappa shape index (κ1) is 24.9. The maximum atomic E-state index is 13.5. The van der Waals surface area contributed by atoms with Gasteiger partial charge in [-0.15, -0.1) is 0 Å². The van der Waals surface area contributed by atoms with Crippen molar-refractivity contribution in [2.24, 2.45) is 5.92 Å². The molecular weight excluding hydrogens is 445 g/mol. The fourth-order valence-electron chi connectivity index (χ4n) is 5.05.